The molecule has 0 fully saturated rings. The van der Waals surface area contributed by atoms with Crippen molar-refractivity contribution in [1.29, 1.82) is 5.26 Å². The van der Waals surface area contributed by atoms with Crippen LogP contribution in [0.1, 0.15) is 10.6 Å². The molecule has 0 radical (unpaired) electrons. The number of nitriles is 1. The van der Waals surface area contributed by atoms with Crippen molar-refractivity contribution in [3.05, 3.63) is 28.8 Å². The first-order valence-electron chi connectivity index (χ1n) is 5.55. The lowest BCUT2D eigenvalue weighted by Crippen LogP contribution is -2.15. The number of aryl methyl sites for hydroxylation is 1. The Bertz CT molecular complexity index is 643. The molecule has 4 nitrogen and oxygen atoms in total. The van der Waals surface area contributed by atoms with Gasteiger partial charge in [0.1, 0.15) is 29.2 Å². The molecule has 0 saturated carbocycles. The lowest BCUT2D eigenvalue weighted by molar-refractivity contribution is 0.171. The molecule has 3 rings (SSSR count). The molecule has 0 spiro atoms. The van der Waals surface area contributed by atoms with Gasteiger partial charge in [-0.3, -0.25) is 0 Å². The molecule has 90 valence electrons. The standard InChI is InChI=1S/C13H10N2O2S/c1-8-12(7-14)18-13(15-8)9-2-3-10-11(6-9)17-5-4-16-10/h2-3,6H,4-5H2,1H3. The van der Waals surface area contributed by atoms with Gasteiger partial charge in [0, 0.05) is 5.56 Å². The minimum Gasteiger partial charge on any atom is -0.486 e. The number of fused-ring (bicyclic) bond motifs is 1. The normalized spacial score (nSPS) is 13.1. The van der Waals surface area contributed by atoms with Gasteiger partial charge in [0.15, 0.2) is 11.5 Å². The zero-order valence-corrected chi connectivity index (χ0v) is 10.6. The van der Waals surface area contributed by atoms with Crippen LogP contribution in [0.25, 0.3) is 10.6 Å². The minimum absolute atomic E-state index is 0.566. The van der Waals surface area contributed by atoms with E-state index >= 15 is 0 Å². The maximum atomic E-state index is 8.95. The van der Waals surface area contributed by atoms with Crippen LogP contribution < -0.4 is 9.47 Å². The quantitative estimate of drug-likeness (QED) is 0.789. The predicted octanol–water partition coefficient (Wildman–Crippen LogP) is 2.76. The van der Waals surface area contributed by atoms with Crippen molar-refractivity contribution in [2.24, 2.45) is 0 Å². The van der Waals surface area contributed by atoms with E-state index in [1.54, 1.807) is 0 Å². The lowest BCUT2D eigenvalue weighted by Gasteiger charge is -2.18. The average molecular weight is 258 g/mol. The molecule has 0 bridgehead atoms. The molecule has 18 heavy (non-hydrogen) atoms. The van der Waals surface area contributed by atoms with E-state index in [0.717, 1.165) is 27.8 Å². The molecule has 0 amide bonds. The number of ether oxygens (including phenoxy) is 2. The lowest BCUT2D eigenvalue weighted by atomic mass is 10.2. The molecule has 0 atom stereocenters. The Hall–Kier alpha value is -2.06. The van der Waals surface area contributed by atoms with Crippen LogP contribution in [0, 0.1) is 18.3 Å². The zero-order valence-electron chi connectivity index (χ0n) is 9.77. The van der Waals surface area contributed by atoms with Gasteiger partial charge >= 0.3 is 0 Å². The topological polar surface area (TPSA) is 55.1 Å². The second-order valence-electron chi connectivity index (χ2n) is 3.90. The summed E-state index contributed by atoms with van der Waals surface area (Å²) in [4.78, 5) is 5.05. The number of rotatable bonds is 1. The highest BCUT2D eigenvalue weighted by molar-refractivity contribution is 7.15. The van der Waals surface area contributed by atoms with E-state index < -0.39 is 0 Å². The molecule has 1 aliphatic heterocycles. The number of thiazole rings is 1. The first-order chi connectivity index (χ1) is 8.78. The Balaban J connectivity index is 2.04. The number of hydrogen-bond donors (Lipinski definition) is 0. The van der Waals surface area contributed by atoms with Crippen LogP contribution in [-0.4, -0.2) is 18.2 Å². The van der Waals surface area contributed by atoms with Crippen molar-refractivity contribution in [2.45, 2.75) is 6.92 Å². The molecule has 1 aromatic heterocycles. The first-order valence-corrected chi connectivity index (χ1v) is 6.37. The third kappa shape index (κ3) is 1.81. The smallest absolute Gasteiger partial charge is 0.162 e. The largest absolute Gasteiger partial charge is 0.486 e. The van der Waals surface area contributed by atoms with Crippen molar-refractivity contribution in [3.8, 4) is 28.1 Å². The third-order valence-corrected chi connectivity index (χ3v) is 3.80. The Kier molecular flexibility index (Phi) is 2.65. The second-order valence-corrected chi connectivity index (χ2v) is 4.90. The fourth-order valence-corrected chi connectivity index (χ4v) is 2.66. The zero-order chi connectivity index (χ0) is 12.5. The fraction of sp³-hybridized carbons (Fsp3) is 0.231. The second kappa shape index (κ2) is 4.31. The monoisotopic (exact) mass is 258 g/mol. The summed E-state index contributed by atoms with van der Waals surface area (Å²) in [5.41, 5.74) is 1.72. The third-order valence-electron chi connectivity index (χ3n) is 2.69. The molecular formula is C13H10N2O2S. The van der Waals surface area contributed by atoms with Gasteiger partial charge in [0.25, 0.3) is 0 Å². The summed E-state index contributed by atoms with van der Waals surface area (Å²) in [6.07, 6.45) is 0. The van der Waals surface area contributed by atoms with E-state index in [1.807, 2.05) is 25.1 Å². The van der Waals surface area contributed by atoms with E-state index in [4.69, 9.17) is 14.7 Å². The highest BCUT2D eigenvalue weighted by atomic mass is 32.1. The van der Waals surface area contributed by atoms with Gasteiger partial charge in [0.2, 0.25) is 0 Å². The molecule has 0 N–H and O–H groups in total. The van der Waals surface area contributed by atoms with Crippen LogP contribution >= 0.6 is 11.3 Å². The summed E-state index contributed by atoms with van der Waals surface area (Å²) in [5, 5.41) is 9.78. The summed E-state index contributed by atoms with van der Waals surface area (Å²) in [6, 6.07) is 7.88. The van der Waals surface area contributed by atoms with Crippen molar-refractivity contribution in [3.63, 3.8) is 0 Å². The highest BCUT2D eigenvalue weighted by Crippen LogP contribution is 2.36. The molecule has 2 aromatic rings. The summed E-state index contributed by atoms with van der Waals surface area (Å²) in [6.45, 7) is 2.99. The van der Waals surface area contributed by atoms with Crippen molar-refractivity contribution < 1.29 is 9.47 Å². The molecule has 1 aliphatic rings. The van der Waals surface area contributed by atoms with E-state index in [9.17, 15) is 0 Å². The van der Waals surface area contributed by atoms with Crippen LogP contribution in [0.4, 0.5) is 0 Å². The number of nitrogens with zero attached hydrogens (tertiary/aromatic N) is 2. The average Bonchev–Trinajstić information content (AvgIpc) is 2.79. The predicted molar refractivity (Wildman–Crippen MR) is 68.0 cm³/mol. The fourth-order valence-electron chi connectivity index (χ4n) is 1.80. The number of hydrogen-bond acceptors (Lipinski definition) is 5. The maximum absolute atomic E-state index is 8.95. The SMILES string of the molecule is Cc1nc(-c2ccc3c(c2)OCCO3)sc1C#N. The summed E-state index contributed by atoms with van der Waals surface area (Å²) >= 11 is 1.39. The van der Waals surface area contributed by atoms with Crippen LogP contribution in [0.5, 0.6) is 11.5 Å². The Morgan fingerprint density at radius 3 is 2.78 bits per heavy atom. The van der Waals surface area contributed by atoms with E-state index in [2.05, 4.69) is 11.1 Å². The summed E-state index contributed by atoms with van der Waals surface area (Å²) in [7, 11) is 0. The van der Waals surface area contributed by atoms with Crippen molar-refractivity contribution in [2.75, 3.05) is 13.2 Å². The molecular weight excluding hydrogens is 248 g/mol. The van der Waals surface area contributed by atoms with Crippen LogP contribution in [0.15, 0.2) is 18.2 Å². The summed E-state index contributed by atoms with van der Waals surface area (Å²) < 4.78 is 11.0. The van der Waals surface area contributed by atoms with Gasteiger partial charge in [-0.25, -0.2) is 4.98 Å². The van der Waals surface area contributed by atoms with Crippen LogP contribution in [-0.2, 0) is 0 Å². The molecule has 0 saturated heterocycles. The van der Waals surface area contributed by atoms with Gasteiger partial charge in [-0.05, 0) is 25.1 Å². The van der Waals surface area contributed by atoms with Gasteiger partial charge in [-0.1, -0.05) is 0 Å². The minimum atomic E-state index is 0.566. The van der Waals surface area contributed by atoms with Crippen molar-refractivity contribution >= 4 is 11.3 Å². The Labute approximate surface area is 108 Å². The maximum Gasteiger partial charge on any atom is 0.162 e. The van der Waals surface area contributed by atoms with Gasteiger partial charge < -0.3 is 9.47 Å². The van der Waals surface area contributed by atoms with Crippen molar-refractivity contribution in [1.82, 2.24) is 4.98 Å². The van der Waals surface area contributed by atoms with Crippen LogP contribution in [0.3, 0.4) is 0 Å². The van der Waals surface area contributed by atoms with Gasteiger partial charge in [-0.2, -0.15) is 5.26 Å². The molecule has 0 unspecified atom stereocenters. The van der Waals surface area contributed by atoms with Gasteiger partial charge in [0.05, 0.1) is 5.69 Å². The molecule has 1 aromatic carbocycles. The number of aromatic nitrogens is 1. The first kappa shape index (κ1) is 11.1. The van der Waals surface area contributed by atoms with E-state index in [-0.39, 0.29) is 0 Å². The Morgan fingerprint density at radius 1 is 1.28 bits per heavy atom. The van der Waals surface area contributed by atoms with E-state index in [0.29, 0.717) is 18.1 Å². The highest BCUT2D eigenvalue weighted by Gasteiger charge is 2.15. The van der Waals surface area contributed by atoms with Crippen LogP contribution in [0.2, 0.25) is 0 Å². The molecule has 5 heteroatoms. The number of benzene rings is 1. The molecule has 2 heterocycles. The Morgan fingerprint density at radius 2 is 2.06 bits per heavy atom. The van der Waals surface area contributed by atoms with E-state index in [1.165, 1.54) is 11.3 Å². The molecule has 0 aliphatic carbocycles. The van der Waals surface area contributed by atoms with Gasteiger partial charge in [-0.15, -0.1) is 11.3 Å². The summed E-state index contributed by atoms with van der Waals surface area (Å²) in [5.74, 6) is 1.50.